The minimum Gasteiger partial charge on any atom is -0.495 e. The standard InChI is InChI=1S/C14H22N4O5S.2ClH/c1-23-13-11-12(18(19)20)3-4-14(13)24(21,22)16-5-2-8-17-9-6-15-7-10-17;;/h3-4,11,15-16H,2,5-10H2,1H3;2*1H. The van der Waals surface area contributed by atoms with E-state index in [0.29, 0.717) is 13.0 Å². The number of nitrogens with zero attached hydrogens (tertiary/aromatic N) is 2. The van der Waals surface area contributed by atoms with Gasteiger partial charge in [-0.15, -0.1) is 24.8 Å². The number of piperazine rings is 1. The van der Waals surface area contributed by atoms with Crippen molar-refractivity contribution in [2.24, 2.45) is 0 Å². The Bertz CT molecular complexity index is 684. The molecule has 2 rings (SSSR count). The quantitative estimate of drug-likeness (QED) is 0.359. The second kappa shape index (κ2) is 11.5. The lowest BCUT2D eigenvalue weighted by Gasteiger charge is -2.27. The smallest absolute Gasteiger partial charge is 0.273 e. The molecule has 0 aliphatic carbocycles. The first kappa shape index (κ1) is 24.8. The molecule has 0 amide bonds. The van der Waals surface area contributed by atoms with E-state index in [9.17, 15) is 18.5 Å². The van der Waals surface area contributed by atoms with Crippen LogP contribution in [0.2, 0.25) is 0 Å². The van der Waals surface area contributed by atoms with Crippen LogP contribution in [0.25, 0.3) is 0 Å². The van der Waals surface area contributed by atoms with Crippen LogP contribution < -0.4 is 14.8 Å². The highest BCUT2D eigenvalue weighted by Crippen LogP contribution is 2.28. The molecule has 26 heavy (non-hydrogen) atoms. The van der Waals surface area contributed by atoms with Gasteiger partial charge in [-0.05, 0) is 19.0 Å². The first-order valence-corrected chi connectivity index (χ1v) is 9.17. The number of hydrogen-bond acceptors (Lipinski definition) is 7. The van der Waals surface area contributed by atoms with Gasteiger partial charge in [0.25, 0.3) is 5.69 Å². The Balaban J connectivity index is 0.00000312. The topological polar surface area (TPSA) is 114 Å². The Morgan fingerprint density at radius 3 is 2.54 bits per heavy atom. The lowest BCUT2D eigenvalue weighted by molar-refractivity contribution is -0.385. The molecule has 1 heterocycles. The minimum atomic E-state index is -3.78. The summed E-state index contributed by atoms with van der Waals surface area (Å²) in [5.41, 5.74) is -0.218. The van der Waals surface area contributed by atoms with Crippen LogP contribution in [0.1, 0.15) is 6.42 Å². The Morgan fingerprint density at radius 1 is 1.31 bits per heavy atom. The Labute approximate surface area is 165 Å². The van der Waals surface area contributed by atoms with E-state index >= 15 is 0 Å². The number of nitro groups is 1. The fraction of sp³-hybridized carbons (Fsp3) is 0.571. The van der Waals surface area contributed by atoms with Gasteiger partial charge < -0.3 is 15.0 Å². The summed E-state index contributed by atoms with van der Waals surface area (Å²) in [5, 5.41) is 14.0. The number of nitro benzene ring substituents is 1. The molecule has 150 valence electrons. The van der Waals surface area contributed by atoms with Crippen molar-refractivity contribution in [3.05, 3.63) is 28.3 Å². The zero-order chi connectivity index (χ0) is 17.6. The van der Waals surface area contributed by atoms with E-state index in [-0.39, 0.29) is 41.1 Å². The van der Waals surface area contributed by atoms with Crippen molar-refractivity contribution in [3.63, 3.8) is 0 Å². The number of hydrogen-bond donors (Lipinski definition) is 2. The molecule has 0 aromatic heterocycles. The van der Waals surface area contributed by atoms with Crippen LogP contribution in [0.15, 0.2) is 23.1 Å². The number of nitrogens with one attached hydrogen (secondary N) is 2. The molecule has 0 atom stereocenters. The third kappa shape index (κ3) is 6.86. The minimum absolute atomic E-state index is 0. The molecule has 1 aliphatic rings. The van der Waals surface area contributed by atoms with Gasteiger partial charge in [0, 0.05) is 38.8 Å². The number of rotatable bonds is 8. The highest BCUT2D eigenvalue weighted by molar-refractivity contribution is 7.89. The van der Waals surface area contributed by atoms with Crippen molar-refractivity contribution in [2.75, 3.05) is 46.4 Å². The monoisotopic (exact) mass is 430 g/mol. The second-order valence-electron chi connectivity index (χ2n) is 5.44. The Hall–Kier alpha value is -1.17. The van der Waals surface area contributed by atoms with Crippen LogP contribution >= 0.6 is 24.8 Å². The van der Waals surface area contributed by atoms with Crippen LogP contribution in [0.3, 0.4) is 0 Å². The van der Waals surface area contributed by atoms with Crippen LogP contribution in [0, 0.1) is 10.1 Å². The summed E-state index contributed by atoms with van der Waals surface area (Å²) >= 11 is 0. The predicted octanol–water partition coefficient (Wildman–Crippen LogP) is 1.02. The first-order chi connectivity index (χ1) is 11.4. The predicted molar refractivity (Wildman–Crippen MR) is 103 cm³/mol. The van der Waals surface area contributed by atoms with Crippen molar-refractivity contribution in [2.45, 2.75) is 11.3 Å². The number of benzene rings is 1. The number of non-ortho nitro benzene ring substituents is 1. The van der Waals surface area contributed by atoms with Gasteiger partial charge in [-0.2, -0.15) is 0 Å². The summed E-state index contributed by atoms with van der Waals surface area (Å²) in [7, 11) is -2.50. The highest BCUT2D eigenvalue weighted by atomic mass is 35.5. The van der Waals surface area contributed by atoms with Crippen molar-refractivity contribution >= 4 is 40.5 Å². The van der Waals surface area contributed by atoms with Crippen LogP contribution in [-0.4, -0.2) is 64.6 Å². The van der Waals surface area contributed by atoms with Gasteiger partial charge in [0.15, 0.2) is 0 Å². The maximum Gasteiger partial charge on any atom is 0.273 e. The van der Waals surface area contributed by atoms with Gasteiger partial charge in [0.1, 0.15) is 10.6 Å². The average Bonchev–Trinajstić information content (AvgIpc) is 2.59. The van der Waals surface area contributed by atoms with Crippen LogP contribution in [-0.2, 0) is 10.0 Å². The van der Waals surface area contributed by atoms with E-state index in [4.69, 9.17) is 4.74 Å². The summed E-state index contributed by atoms with van der Waals surface area (Å²) in [6, 6.07) is 3.45. The molecule has 1 aliphatic heterocycles. The molecule has 0 spiro atoms. The Kier molecular flexibility index (Phi) is 11.0. The molecule has 0 saturated carbocycles. The molecule has 0 bridgehead atoms. The average molecular weight is 431 g/mol. The number of ether oxygens (including phenoxy) is 1. The SMILES string of the molecule is COc1cc([N+](=O)[O-])ccc1S(=O)(=O)NCCCN1CCNCC1.Cl.Cl. The van der Waals surface area contributed by atoms with E-state index in [1.807, 2.05) is 0 Å². The van der Waals surface area contributed by atoms with E-state index in [1.165, 1.54) is 13.2 Å². The summed E-state index contributed by atoms with van der Waals surface area (Å²) in [4.78, 5) is 12.3. The molecular formula is C14H24Cl2N4O5S. The normalized spacial score (nSPS) is 14.8. The summed E-state index contributed by atoms with van der Waals surface area (Å²) in [5.74, 6) is -0.0428. The highest BCUT2D eigenvalue weighted by Gasteiger charge is 2.22. The van der Waals surface area contributed by atoms with Gasteiger partial charge in [-0.3, -0.25) is 10.1 Å². The summed E-state index contributed by atoms with van der Waals surface area (Å²) in [6.07, 6.45) is 0.689. The maximum absolute atomic E-state index is 12.4. The molecular weight excluding hydrogens is 407 g/mol. The Morgan fingerprint density at radius 2 is 1.96 bits per heavy atom. The fourth-order valence-corrected chi connectivity index (χ4v) is 3.74. The van der Waals surface area contributed by atoms with Crippen LogP contribution in [0.5, 0.6) is 5.75 Å². The van der Waals surface area contributed by atoms with Gasteiger partial charge in [-0.1, -0.05) is 0 Å². The number of halogens is 2. The maximum atomic E-state index is 12.4. The molecule has 1 fully saturated rings. The van der Waals surface area contributed by atoms with E-state index in [1.54, 1.807) is 0 Å². The molecule has 0 radical (unpaired) electrons. The summed E-state index contributed by atoms with van der Waals surface area (Å²) in [6.45, 7) is 4.94. The molecule has 1 aromatic carbocycles. The number of sulfonamides is 1. The van der Waals surface area contributed by atoms with E-state index in [2.05, 4.69) is 14.9 Å². The lowest BCUT2D eigenvalue weighted by Crippen LogP contribution is -2.44. The van der Waals surface area contributed by atoms with Gasteiger partial charge in [0.2, 0.25) is 10.0 Å². The van der Waals surface area contributed by atoms with Crippen molar-refractivity contribution in [1.82, 2.24) is 14.9 Å². The molecule has 2 N–H and O–H groups in total. The van der Waals surface area contributed by atoms with E-state index in [0.717, 1.165) is 44.9 Å². The molecule has 1 aromatic rings. The molecule has 0 unspecified atom stereocenters. The zero-order valence-corrected chi connectivity index (χ0v) is 16.8. The van der Waals surface area contributed by atoms with Crippen LogP contribution in [0.4, 0.5) is 5.69 Å². The van der Waals surface area contributed by atoms with Crippen molar-refractivity contribution in [1.29, 1.82) is 0 Å². The molecule has 1 saturated heterocycles. The van der Waals surface area contributed by atoms with Gasteiger partial charge in [-0.25, -0.2) is 13.1 Å². The molecule has 12 heteroatoms. The largest absolute Gasteiger partial charge is 0.495 e. The second-order valence-corrected chi connectivity index (χ2v) is 7.17. The molecule has 9 nitrogen and oxygen atoms in total. The van der Waals surface area contributed by atoms with Gasteiger partial charge >= 0.3 is 0 Å². The fourth-order valence-electron chi connectivity index (χ4n) is 2.51. The third-order valence-corrected chi connectivity index (χ3v) is 5.30. The summed E-state index contributed by atoms with van der Waals surface area (Å²) < 4.78 is 32.2. The lowest BCUT2D eigenvalue weighted by atomic mass is 10.3. The van der Waals surface area contributed by atoms with E-state index < -0.39 is 14.9 Å². The first-order valence-electron chi connectivity index (χ1n) is 7.69. The third-order valence-electron chi connectivity index (χ3n) is 3.80. The zero-order valence-electron chi connectivity index (χ0n) is 14.3. The van der Waals surface area contributed by atoms with Crippen molar-refractivity contribution < 1.29 is 18.1 Å². The number of methoxy groups -OCH3 is 1. The van der Waals surface area contributed by atoms with Crippen molar-refractivity contribution in [3.8, 4) is 5.75 Å². The van der Waals surface area contributed by atoms with Gasteiger partial charge in [0.05, 0.1) is 18.1 Å².